The van der Waals surface area contributed by atoms with Crippen molar-refractivity contribution in [1.29, 1.82) is 0 Å². The van der Waals surface area contributed by atoms with Crippen molar-refractivity contribution in [2.45, 2.75) is 38.8 Å². The van der Waals surface area contributed by atoms with Gasteiger partial charge in [-0.15, -0.1) is 0 Å². The molecule has 1 rings (SSSR count). The summed E-state index contributed by atoms with van der Waals surface area (Å²) in [6.45, 7) is 4.92. The van der Waals surface area contributed by atoms with Crippen LogP contribution in [0, 0.1) is 5.92 Å². The molecule has 0 aliphatic carbocycles. The van der Waals surface area contributed by atoms with Gasteiger partial charge >= 0.3 is 0 Å². The van der Waals surface area contributed by atoms with Gasteiger partial charge in [0.2, 0.25) is 5.91 Å². The number of rotatable bonds is 2. The lowest BCUT2D eigenvalue weighted by molar-refractivity contribution is -0.134. The van der Waals surface area contributed by atoms with Crippen LogP contribution in [0.15, 0.2) is 0 Å². The summed E-state index contributed by atoms with van der Waals surface area (Å²) in [4.78, 5) is 13.4. The number of aliphatic hydroxyl groups excluding tert-OH is 1. The fourth-order valence-corrected chi connectivity index (χ4v) is 1.89. The molecule has 82 valence electrons. The molecule has 0 aromatic carbocycles. The maximum Gasteiger partial charge on any atom is 0.239 e. The molecule has 1 amide bonds. The molecule has 1 heterocycles. The standard InChI is InChI=1S/C10H20N2O2/c1-7(11)10(14)12-5-3-4-9(6-12)8(2)13/h7-9,13H,3-6,11H2,1-2H3/t7-,8-,9-/m0/s1. The van der Waals surface area contributed by atoms with E-state index < -0.39 is 6.04 Å². The molecule has 1 fully saturated rings. The van der Waals surface area contributed by atoms with Crippen molar-refractivity contribution in [1.82, 2.24) is 4.90 Å². The Bertz CT molecular complexity index is 204. The molecule has 4 nitrogen and oxygen atoms in total. The summed E-state index contributed by atoms with van der Waals surface area (Å²) in [5.41, 5.74) is 5.53. The smallest absolute Gasteiger partial charge is 0.239 e. The van der Waals surface area contributed by atoms with E-state index in [9.17, 15) is 9.90 Å². The number of aliphatic hydroxyl groups is 1. The predicted octanol–water partition coefficient (Wildman–Crippen LogP) is -0.0470. The van der Waals surface area contributed by atoms with Crippen LogP contribution in [0.1, 0.15) is 26.7 Å². The Balaban J connectivity index is 2.51. The van der Waals surface area contributed by atoms with E-state index >= 15 is 0 Å². The van der Waals surface area contributed by atoms with Crippen molar-refractivity contribution >= 4 is 5.91 Å². The summed E-state index contributed by atoms with van der Waals surface area (Å²) in [6.07, 6.45) is 1.63. The van der Waals surface area contributed by atoms with Gasteiger partial charge in [0.25, 0.3) is 0 Å². The average molecular weight is 200 g/mol. The van der Waals surface area contributed by atoms with Crippen molar-refractivity contribution in [2.24, 2.45) is 11.7 Å². The minimum absolute atomic E-state index is 0.00431. The van der Waals surface area contributed by atoms with E-state index in [1.807, 2.05) is 0 Å². The minimum Gasteiger partial charge on any atom is -0.393 e. The normalized spacial score (nSPS) is 27.1. The van der Waals surface area contributed by atoms with Crippen molar-refractivity contribution in [2.75, 3.05) is 13.1 Å². The third-order valence-corrected chi connectivity index (χ3v) is 2.84. The van der Waals surface area contributed by atoms with Gasteiger partial charge < -0.3 is 15.7 Å². The molecule has 0 saturated carbocycles. The Hall–Kier alpha value is -0.610. The largest absolute Gasteiger partial charge is 0.393 e. The first kappa shape index (κ1) is 11.5. The lowest BCUT2D eigenvalue weighted by atomic mass is 9.93. The van der Waals surface area contributed by atoms with Gasteiger partial charge in [-0.25, -0.2) is 0 Å². The van der Waals surface area contributed by atoms with E-state index in [1.54, 1.807) is 18.7 Å². The molecule has 0 radical (unpaired) electrons. The summed E-state index contributed by atoms with van der Waals surface area (Å²) >= 11 is 0. The fraction of sp³-hybridized carbons (Fsp3) is 0.900. The number of likely N-dealkylation sites (tertiary alicyclic amines) is 1. The van der Waals surface area contributed by atoms with Gasteiger partial charge in [-0.1, -0.05) is 0 Å². The molecule has 0 bridgehead atoms. The monoisotopic (exact) mass is 200 g/mol. The number of nitrogens with two attached hydrogens (primary N) is 1. The fourth-order valence-electron chi connectivity index (χ4n) is 1.89. The topological polar surface area (TPSA) is 66.6 Å². The Morgan fingerprint density at radius 1 is 1.57 bits per heavy atom. The molecule has 1 saturated heterocycles. The van der Waals surface area contributed by atoms with Gasteiger partial charge in [0, 0.05) is 19.0 Å². The third-order valence-electron chi connectivity index (χ3n) is 2.84. The zero-order valence-electron chi connectivity index (χ0n) is 8.94. The van der Waals surface area contributed by atoms with E-state index in [0.29, 0.717) is 6.54 Å². The second-order valence-corrected chi connectivity index (χ2v) is 4.22. The van der Waals surface area contributed by atoms with E-state index in [2.05, 4.69) is 0 Å². The van der Waals surface area contributed by atoms with Gasteiger partial charge in [-0.05, 0) is 26.7 Å². The van der Waals surface area contributed by atoms with Crippen molar-refractivity contribution in [3.8, 4) is 0 Å². The molecule has 1 aliphatic heterocycles. The summed E-state index contributed by atoms with van der Waals surface area (Å²) in [6, 6.07) is -0.428. The second kappa shape index (κ2) is 4.75. The van der Waals surface area contributed by atoms with Gasteiger partial charge in [0.05, 0.1) is 12.1 Å². The molecule has 0 aromatic rings. The van der Waals surface area contributed by atoms with Crippen molar-refractivity contribution in [3.63, 3.8) is 0 Å². The quantitative estimate of drug-likeness (QED) is 0.657. The lowest BCUT2D eigenvalue weighted by Crippen LogP contribution is -2.48. The van der Waals surface area contributed by atoms with Gasteiger partial charge in [-0.3, -0.25) is 4.79 Å². The maximum atomic E-state index is 11.6. The van der Waals surface area contributed by atoms with E-state index in [1.165, 1.54) is 0 Å². The highest BCUT2D eigenvalue weighted by atomic mass is 16.3. The minimum atomic E-state index is -0.428. The molecule has 1 aliphatic rings. The molecule has 0 unspecified atom stereocenters. The summed E-state index contributed by atoms with van der Waals surface area (Å²) < 4.78 is 0. The van der Waals surface area contributed by atoms with Gasteiger partial charge in [0.1, 0.15) is 0 Å². The Morgan fingerprint density at radius 3 is 2.71 bits per heavy atom. The van der Waals surface area contributed by atoms with Crippen LogP contribution in [0.4, 0.5) is 0 Å². The van der Waals surface area contributed by atoms with Crippen LogP contribution in [0.2, 0.25) is 0 Å². The van der Waals surface area contributed by atoms with Crippen LogP contribution >= 0.6 is 0 Å². The van der Waals surface area contributed by atoms with Crippen molar-refractivity contribution < 1.29 is 9.90 Å². The van der Waals surface area contributed by atoms with E-state index in [4.69, 9.17) is 5.73 Å². The van der Waals surface area contributed by atoms with Gasteiger partial charge in [0.15, 0.2) is 0 Å². The Labute approximate surface area is 85.1 Å². The molecule has 0 aromatic heterocycles. The first-order valence-electron chi connectivity index (χ1n) is 5.24. The number of hydrogen-bond acceptors (Lipinski definition) is 3. The summed E-state index contributed by atoms with van der Waals surface area (Å²) in [5, 5.41) is 9.45. The van der Waals surface area contributed by atoms with Crippen LogP contribution in [-0.4, -0.2) is 41.1 Å². The summed E-state index contributed by atoms with van der Waals surface area (Å²) in [5.74, 6) is 0.210. The third kappa shape index (κ3) is 2.69. The average Bonchev–Trinajstić information content (AvgIpc) is 2.16. The van der Waals surface area contributed by atoms with Crippen molar-refractivity contribution in [3.05, 3.63) is 0 Å². The number of carbonyl (C=O) groups excluding carboxylic acids is 1. The molecule has 3 atom stereocenters. The highest BCUT2D eigenvalue weighted by molar-refractivity contribution is 5.81. The number of amides is 1. The Morgan fingerprint density at radius 2 is 2.21 bits per heavy atom. The Kier molecular flexibility index (Phi) is 3.89. The van der Waals surface area contributed by atoms with E-state index in [-0.39, 0.29) is 17.9 Å². The number of hydrogen-bond donors (Lipinski definition) is 2. The molecular weight excluding hydrogens is 180 g/mol. The first-order valence-corrected chi connectivity index (χ1v) is 5.24. The number of nitrogens with zero attached hydrogens (tertiary/aromatic N) is 1. The zero-order valence-corrected chi connectivity index (χ0v) is 8.94. The van der Waals surface area contributed by atoms with Crippen LogP contribution in [0.5, 0.6) is 0 Å². The highest BCUT2D eigenvalue weighted by Crippen LogP contribution is 2.19. The summed E-state index contributed by atoms with van der Waals surface area (Å²) in [7, 11) is 0. The highest BCUT2D eigenvalue weighted by Gasteiger charge is 2.27. The SMILES string of the molecule is C[C@H](N)C(=O)N1CCC[C@H]([C@H](C)O)C1. The maximum absolute atomic E-state index is 11.6. The van der Waals surface area contributed by atoms with Gasteiger partial charge in [-0.2, -0.15) is 0 Å². The number of carbonyl (C=O) groups is 1. The zero-order chi connectivity index (χ0) is 10.7. The van der Waals surface area contributed by atoms with Crippen LogP contribution in [0.3, 0.4) is 0 Å². The first-order chi connectivity index (χ1) is 6.52. The lowest BCUT2D eigenvalue weighted by Gasteiger charge is -2.35. The number of piperidine rings is 1. The second-order valence-electron chi connectivity index (χ2n) is 4.22. The predicted molar refractivity (Wildman–Crippen MR) is 54.6 cm³/mol. The van der Waals surface area contributed by atoms with Crippen LogP contribution in [-0.2, 0) is 4.79 Å². The van der Waals surface area contributed by atoms with E-state index in [0.717, 1.165) is 19.4 Å². The molecule has 3 N–H and O–H groups in total. The molecular formula is C10H20N2O2. The van der Waals surface area contributed by atoms with Crippen LogP contribution in [0.25, 0.3) is 0 Å². The molecule has 14 heavy (non-hydrogen) atoms. The van der Waals surface area contributed by atoms with Crippen LogP contribution < -0.4 is 5.73 Å². The molecule has 4 heteroatoms. The molecule has 0 spiro atoms.